The van der Waals surface area contributed by atoms with Gasteiger partial charge in [-0.15, -0.1) is 0 Å². The third kappa shape index (κ3) is 3.20. The summed E-state index contributed by atoms with van der Waals surface area (Å²) in [6.07, 6.45) is 6.64. The monoisotopic (exact) mass is 295 g/mol. The van der Waals surface area contributed by atoms with Crippen LogP contribution >= 0.6 is 0 Å². The summed E-state index contributed by atoms with van der Waals surface area (Å²) in [5, 5.41) is 0. The maximum atomic E-state index is 12.6. The molecule has 0 unspecified atom stereocenters. The first-order valence-electron chi connectivity index (χ1n) is 6.97. The van der Waals surface area contributed by atoms with Crippen LogP contribution in [-0.2, 0) is 9.84 Å². The highest BCUT2D eigenvalue weighted by atomic mass is 32.2. The predicted molar refractivity (Wildman–Crippen MR) is 78.5 cm³/mol. The van der Waals surface area contributed by atoms with Crippen LogP contribution in [0.15, 0.2) is 29.2 Å². The van der Waals surface area contributed by atoms with Crippen molar-refractivity contribution in [2.45, 2.75) is 43.0 Å². The van der Waals surface area contributed by atoms with E-state index in [1.807, 2.05) is 0 Å². The van der Waals surface area contributed by atoms with Crippen molar-refractivity contribution in [3.63, 3.8) is 0 Å². The van der Waals surface area contributed by atoms with E-state index in [-0.39, 0.29) is 22.4 Å². The van der Waals surface area contributed by atoms with Gasteiger partial charge in [0.1, 0.15) is 0 Å². The van der Waals surface area contributed by atoms with Gasteiger partial charge >= 0.3 is 0 Å². The van der Waals surface area contributed by atoms with Gasteiger partial charge in [-0.05, 0) is 25.0 Å². The first kappa shape index (κ1) is 15.0. The molecule has 1 aliphatic rings. The summed E-state index contributed by atoms with van der Waals surface area (Å²) < 4.78 is 23.6. The fourth-order valence-corrected chi connectivity index (χ4v) is 3.67. The molecule has 0 aromatic heterocycles. The lowest BCUT2D eigenvalue weighted by atomic mass is 9.94. The van der Waals surface area contributed by atoms with Gasteiger partial charge in [0.15, 0.2) is 9.84 Å². The summed E-state index contributed by atoms with van der Waals surface area (Å²) in [7, 11) is -1.62. The molecule has 1 aromatic carbocycles. The first-order chi connectivity index (χ1) is 9.41. The summed E-state index contributed by atoms with van der Waals surface area (Å²) in [5.41, 5.74) is 0.281. The summed E-state index contributed by atoms with van der Waals surface area (Å²) in [4.78, 5) is 14.4. The minimum atomic E-state index is -3.39. The number of sulfone groups is 1. The number of amides is 1. The Labute approximate surface area is 120 Å². The van der Waals surface area contributed by atoms with E-state index >= 15 is 0 Å². The molecule has 0 heterocycles. The average molecular weight is 295 g/mol. The molecule has 0 saturated heterocycles. The Bertz CT molecular complexity index is 589. The number of benzene rings is 1. The third-order valence-electron chi connectivity index (χ3n) is 3.96. The highest BCUT2D eigenvalue weighted by Crippen LogP contribution is 2.24. The Morgan fingerprint density at radius 3 is 2.35 bits per heavy atom. The van der Waals surface area contributed by atoms with Crippen molar-refractivity contribution < 1.29 is 13.2 Å². The normalized spacial score (nSPS) is 16.9. The molecule has 0 bridgehead atoms. The number of carbonyl (C=O) groups is 1. The zero-order valence-corrected chi connectivity index (χ0v) is 12.8. The fourth-order valence-electron chi connectivity index (χ4n) is 2.79. The van der Waals surface area contributed by atoms with E-state index < -0.39 is 9.84 Å². The Morgan fingerprint density at radius 2 is 1.75 bits per heavy atom. The van der Waals surface area contributed by atoms with Crippen molar-refractivity contribution in [1.29, 1.82) is 0 Å². The van der Waals surface area contributed by atoms with Crippen molar-refractivity contribution in [2.75, 3.05) is 13.3 Å². The van der Waals surface area contributed by atoms with Crippen LogP contribution in [0.5, 0.6) is 0 Å². The van der Waals surface area contributed by atoms with E-state index in [0.717, 1.165) is 31.9 Å². The molecule has 0 atom stereocenters. The number of hydrogen-bond acceptors (Lipinski definition) is 3. The van der Waals surface area contributed by atoms with Crippen LogP contribution in [0.1, 0.15) is 42.5 Å². The van der Waals surface area contributed by atoms with E-state index in [9.17, 15) is 13.2 Å². The van der Waals surface area contributed by atoms with Gasteiger partial charge < -0.3 is 4.90 Å². The standard InChI is InChI=1S/C15H21NO3S/c1-16(12-8-4-3-5-9-12)15(17)13-10-6-7-11-14(13)20(2,18)19/h6-7,10-12H,3-5,8-9H2,1-2H3. The third-order valence-corrected chi connectivity index (χ3v) is 5.11. The highest BCUT2D eigenvalue weighted by Gasteiger charge is 2.26. The highest BCUT2D eigenvalue weighted by molar-refractivity contribution is 7.90. The van der Waals surface area contributed by atoms with Crippen LogP contribution in [0.25, 0.3) is 0 Å². The fraction of sp³-hybridized carbons (Fsp3) is 0.533. The number of nitrogens with zero attached hydrogens (tertiary/aromatic N) is 1. The topological polar surface area (TPSA) is 54.5 Å². The zero-order valence-electron chi connectivity index (χ0n) is 12.0. The maximum absolute atomic E-state index is 12.6. The Hall–Kier alpha value is -1.36. The van der Waals surface area contributed by atoms with Crippen LogP contribution < -0.4 is 0 Å². The van der Waals surface area contributed by atoms with Crippen LogP contribution in [0.4, 0.5) is 0 Å². The second-order valence-corrected chi connectivity index (χ2v) is 7.46. The van der Waals surface area contributed by atoms with Crippen LogP contribution in [0.2, 0.25) is 0 Å². The van der Waals surface area contributed by atoms with Crippen molar-refractivity contribution in [1.82, 2.24) is 4.90 Å². The van der Waals surface area contributed by atoms with Gasteiger partial charge in [-0.2, -0.15) is 0 Å². The maximum Gasteiger partial charge on any atom is 0.255 e. The molecule has 110 valence electrons. The Morgan fingerprint density at radius 1 is 1.15 bits per heavy atom. The average Bonchev–Trinajstić information content (AvgIpc) is 2.46. The van der Waals surface area contributed by atoms with Crippen molar-refractivity contribution in [3.8, 4) is 0 Å². The summed E-state index contributed by atoms with van der Waals surface area (Å²) in [6.45, 7) is 0. The number of rotatable bonds is 3. The van der Waals surface area contributed by atoms with Gasteiger partial charge in [0.25, 0.3) is 5.91 Å². The summed E-state index contributed by atoms with van der Waals surface area (Å²) in [5.74, 6) is -0.196. The van der Waals surface area contributed by atoms with E-state index in [1.54, 1.807) is 30.1 Å². The molecular weight excluding hydrogens is 274 g/mol. The van der Waals surface area contributed by atoms with Crippen molar-refractivity contribution >= 4 is 15.7 Å². The van der Waals surface area contributed by atoms with Gasteiger partial charge in [-0.1, -0.05) is 31.4 Å². The van der Waals surface area contributed by atoms with E-state index in [0.29, 0.717) is 0 Å². The predicted octanol–water partition coefficient (Wildman–Crippen LogP) is 2.49. The molecular formula is C15H21NO3S. The molecule has 1 aromatic rings. The summed E-state index contributed by atoms with van der Waals surface area (Å²) in [6, 6.07) is 6.67. The van der Waals surface area contributed by atoms with Gasteiger partial charge in [-0.25, -0.2) is 8.42 Å². The molecule has 0 N–H and O–H groups in total. The quantitative estimate of drug-likeness (QED) is 0.861. The van der Waals surface area contributed by atoms with Crippen LogP contribution in [0, 0.1) is 0 Å². The lowest BCUT2D eigenvalue weighted by Gasteiger charge is -2.31. The zero-order chi connectivity index (χ0) is 14.8. The molecule has 4 nitrogen and oxygen atoms in total. The van der Waals surface area contributed by atoms with E-state index in [1.165, 1.54) is 12.5 Å². The Kier molecular flexibility index (Phi) is 4.48. The van der Waals surface area contributed by atoms with E-state index in [4.69, 9.17) is 0 Å². The second kappa shape index (κ2) is 5.95. The molecule has 20 heavy (non-hydrogen) atoms. The van der Waals surface area contributed by atoms with Gasteiger partial charge in [-0.3, -0.25) is 4.79 Å². The lowest BCUT2D eigenvalue weighted by Crippen LogP contribution is -2.38. The molecule has 2 rings (SSSR count). The van der Waals surface area contributed by atoms with Crippen LogP contribution in [-0.4, -0.2) is 38.6 Å². The van der Waals surface area contributed by atoms with Crippen molar-refractivity contribution in [3.05, 3.63) is 29.8 Å². The molecule has 1 amide bonds. The summed E-state index contributed by atoms with van der Waals surface area (Å²) >= 11 is 0. The molecule has 1 aliphatic carbocycles. The van der Waals surface area contributed by atoms with Crippen LogP contribution in [0.3, 0.4) is 0 Å². The minimum absolute atomic E-state index is 0.118. The van der Waals surface area contributed by atoms with E-state index in [2.05, 4.69) is 0 Å². The first-order valence-corrected chi connectivity index (χ1v) is 8.86. The van der Waals surface area contributed by atoms with Gasteiger partial charge in [0, 0.05) is 19.3 Å². The van der Waals surface area contributed by atoms with Gasteiger partial charge in [0.05, 0.1) is 10.5 Å². The smallest absolute Gasteiger partial charge is 0.255 e. The molecule has 1 fully saturated rings. The molecule has 5 heteroatoms. The molecule has 0 aliphatic heterocycles. The second-order valence-electron chi connectivity index (χ2n) is 5.48. The van der Waals surface area contributed by atoms with Crippen molar-refractivity contribution in [2.24, 2.45) is 0 Å². The minimum Gasteiger partial charge on any atom is -0.339 e. The number of hydrogen-bond donors (Lipinski definition) is 0. The van der Waals surface area contributed by atoms with Gasteiger partial charge in [0.2, 0.25) is 0 Å². The largest absolute Gasteiger partial charge is 0.339 e. The molecule has 1 saturated carbocycles. The molecule has 0 radical (unpaired) electrons. The SMILES string of the molecule is CN(C(=O)c1ccccc1S(C)(=O)=O)C1CCCCC1. The Balaban J connectivity index is 2.29. The lowest BCUT2D eigenvalue weighted by molar-refractivity contribution is 0.0692. The number of carbonyl (C=O) groups excluding carboxylic acids is 1. The molecule has 0 spiro atoms.